The molecule has 0 radical (unpaired) electrons. The van der Waals surface area contributed by atoms with E-state index in [2.05, 4.69) is 14.4 Å². The Morgan fingerprint density at radius 1 is 1.80 bits per heavy atom. The van der Waals surface area contributed by atoms with Crippen molar-refractivity contribution in [3.05, 3.63) is 11.8 Å². The molecule has 0 aliphatic heterocycles. The summed E-state index contributed by atoms with van der Waals surface area (Å²) in [5, 5.41) is 12.1. The number of rotatable bonds is 4. The van der Waals surface area contributed by atoms with Gasteiger partial charge in [-0.25, -0.2) is 9.18 Å². The molecule has 0 saturated heterocycles. The van der Waals surface area contributed by atoms with Crippen LogP contribution in [0.15, 0.2) is 11.2 Å². The highest BCUT2D eigenvalue weighted by Gasteiger charge is 2.16. The molecule has 0 unspecified atom stereocenters. The molecule has 5 N–H and O–H groups in total. The highest BCUT2D eigenvalue weighted by molar-refractivity contribution is 7.10. The normalized spacial score (nSPS) is 10.6. The van der Waals surface area contributed by atoms with Gasteiger partial charge in [0, 0.05) is 6.07 Å². The highest BCUT2D eigenvalue weighted by atomic mass is 32.1. The van der Waals surface area contributed by atoms with Crippen LogP contribution < -0.4 is 5.73 Å². The summed E-state index contributed by atoms with van der Waals surface area (Å²) in [6.45, 7) is -1.20. The fourth-order valence-corrected chi connectivity index (χ4v) is 1.19. The predicted molar refractivity (Wildman–Crippen MR) is 51.4 cm³/mol. The molecule has 9 heteroatoms. The Morgan fingerprint density at radius 3 is 2.87 bits per heavy atom. The smallest absolute Gasteiger partial charge is 0.360 e. The first-order valence-electron chi connectivity index (χ1n) is 3.37. The van der Waals surface area contributed by atoms with Gasteiger partial charge in [0.1, 0.15) is 10.7 Å². The van der Waals surface area contributed by atoms with Crippen LogP contribution >= 0.6 is 11.5 Å². The summed E-state index contributed by atoms with van der Waals surface area (Å²) in [7, 11) is 0. The van der Waals surface area contributed by atoms with Crippen LogP contribution in [-0.2, 0) is 9.63 Å². The third-order valence-electron chi connectivity index (χ3n) is 1.18. The first-order chi connectivity index (χ1) is 6.65. The first-order valence-corrected chi connectivity index (χ1v) is 4.14. The molecule has 0 spiro atoms. The molecule has 0 aromatic carbocycles. The number of hydrogen-bond donors (Lipinski definition) is 2. The third kappa shape index (κ3) is 3.48. The van der Waals surface area contributed by atoms with Crippen LogP contribution in [0.25, 0.3) is 0 Å². The fourth-order valence-electron chi connectivity index (χ4n) is 0.685. The molecule has 1 rings (SSSR count). The van der Waals surface area contributed by atoms with Crippen LogP contribution in [0.5, 0.6) is 0 Å². The maximum Gasteiger partial charge on any atom is 0.360 e. The van der Waals surface area contributed by atoms with E-state index >= 15 is 0 Å². The largest absolute Gasteiger partial charge is 0.476 e. The Labute approximate surface area is 87.4 Å². The average molecular weight is 237 g/mol. The van der Waals surface area contributed by atoms with Gasteiger partial charge >= 0.3 is 5.97 Å². The van der Waals surface area contributed by atoms with Crippen molar-refractivity contribution in [1.82, 2.24) is 4.37 Å². The minimum Gasteiger partial charge on any atom is -0.476 e. The van der Waals surface area contributed by atoms with E-state index in [1.165, 1.54) is 6.07 Å². The van der Waals surface area contributed by atoms with Gasteiger partial charge in [0.25, 0.3) is 6.86 Å². The van der Waals surface area contributed by atoms with Gasteiger partial charge in [0.05, 0.1) is 0 Å². The SMILES string of the molecule is Nc1cc(/C(=N/OCF)C(=O)O)ns1.O. The van der Waals surface area contributed by atoms with E-state index in [1.54, 1.807) is 0 Å². The molecule has 1 aromatic heterocycles. The molecular formula is C6H8FN3O4S. The van der Waals surface area contributed by atoms with Crippen molar-refractivity contribution in [2.75, 3.05) is 12.6 Å². The maximum atomic E-state index is 11.6. The lowest BCUT2D eigenvalue weighted by atomic mass is 10.3. The number of carboxylic acids is 1. The Kier molecular flexibility index (Phi) is 5.20. The second-order valence-corrected chi connectivity index (χ2v) is 2.93. The van der Waals surface area contributed by atoms with Gasteiger partial charge in [0.15, 0.2) is 0 Å². The number of aliphatic carboxylic acids is 1. The van der Waals surface area contributed by atoms with Gasteiger partial charge in [-0.2, -0.15) is 4.37 Å². The van der Waals surface area contributed by atoms with E-state index in [0.29, 0.717) is 5.00 Å². The number of aromatic nitrogens is 1. The molecule has 0 aliphatic rings. The monoisotopic (exact) mass is 237 g/mol. The molecule has 0 fully saturated rings. The molecule has 0 atom stereocenters. The second-order valence-electron chi connectivity index (χ2n) is 2.10. The molecule has 7 nitrogen and oxygen atoms in total. The van der Waals surface area contributed by atoms with E-state index in [-0.39, 0.29) is 11.2 Å². The van der Waals surface area contributed by atoms with Gasteiger partial charge in [-0.3, -0.25) is 0 Å². The Morgan fingerprint density at radius 2 is 2.47 bits per heavy atom. The lowest BCUT2D eigenvalue weighted by Gasteiger charge is -1.95. The fraction of sp³-hybridized carbons (Fsp3) is 0.167. The van der Waals surface area contributed by atoms with E-state index in [0.717, 1.165) is 11.5 Å². The molecule has 0 aliphatic carbocycles. The highest BCUT2D eigenvalue weighted by Crippen LogP contribution is 2.12. The molecule has 0 bridgehead atoms. The summed E-state index contributed by atoms with van der Waals surface area (Å²) >= 11 is 0.918. The average Bonchev–Trinajstić information content (AvgIpc) is 2.52. The zero-order valence-electron chi connectivity index (χ0n) is 7.31. The van der Waals surface area contributed by atoms with Crippen molar-refractivity contribution in [3.8, 4) is 0 Å². The minimum atomic E-state index is -1.36. The van der Waals surface area contributed by atoms with E-state index in [4.69, 9.17) is 10.8 Å². The van der Waals surface area contributed by atoms with E-state index in [1.807, 2.05) is 0 Å². The van der Waals surface area contributed by atoms with E-state index < -0.39 is 18.5 Å². The standard InChI is InChI=1S/C6H6FN3O3S.H2O/c7-2-13-9-5(6(11)12)3-1-4(8)14-10-3;/h1H,2,8H2,(H,11,12);1H2/b9-5-;. The second kappa shape index (κ2) is 5.88. The van der Waals surface area contributed by atoms with Gasteiger partial charge in [-0.15, -0.1) is 0 Å². The number of nitrogens with zero attached hydrogens (tertiary/aromatic N) is 2. The van der Waals surface area contributed by atoms with Crippen molar-refractivity contribution in [1.29, 1.82) is 0 Å². The van der Waals surface area contributed by atoms with Crippen LogP contribution in [0.2, 0.25) is 0 Å². The summed E-state index contributed by atoms with van der Waals surface area (Å²) in [6.07, 6.45) is 0. The quantitative estimate of drug-likeness (QED) is 0.545. The van der Waals surface area contributed by atoms with Gasteiger partial charge < -0.3 is 21.2 Å². The summed E-state index contributed by atoms with van der Waals surface area (Å²) in [6, 6.07) is 1.32. The van der Waals surface area contributed by atoms with Gasteiger partial charge in [-0.05, 0) is 11.5 Å². The first kappa shape index (κ1) is 13.3. The van der Waals surface area contributed by atoms with Crippen molar-refractivity contribution in [2.24, 2.45) is 5.16 Å². The molecule has 84 valence electrons. The zero-order chi connectivity index (χ0) is 10.6. The van der Waals surface area contributed by atoms with Crippen molar-refractivity contribution >= 4 is 28.2 Å². The lowest BCUT2D eigenvalue weighted by molar-refractivity contribution is -0.129. The molecule has 15 heavy (non-hydrogen) atoms. The molecule has 1 aromatic rings. The van der Waals surface area contributed by atoms with Crippen LogP contribution in [0.1, 0.15) is 5.69 Å². The number of anilines is 1. The van der Waals surface area contributed by atoms with Crippen LogP contribution in [0.4, 0.5) is 9.39 Å². The molecule has 1 heterocycles. The summed E-state index contributed by atoms with van der Waals surface area (Å²) < 4.78 is 15.3. The van der Waals surface area contributed by atoms with Crippen molar-refractivity contribution < 1.29 is 24.6 Å². The number of hydrogen-bond acceptors (Lipinski definition) is 6. The number of oxime groups is 1. The zero-order valence-corrected chi connectivity index (χ0v) is 8.12. The number of nitrogens with two attached hydrogens (primary N) is 1. The molecular weight excluding hydrogens is 229 g/mol. The lowest BCUT2D eigenvalue weighted by Crippen LogP contribution is -2.15. The molecule has 0 saturated carbocycles. The number of nitrogen functional groups attached to an aromatic ring is 1. The van der Waals surface area contributed by atoms with Crippen molar-refractivity contribution in [3.63, 3.8) is 0 Å². The predicted octanol–water partition coefficient (Wildman–Crippen LogP) is -0.367. The number of carboxylic acid groups (broad SMARTS) is 1. The summed E-state index contributed by atoms with van der Waals surface area (Å²) in [5.74, 6) is -1.36. The number of alkyl halides is 1. The van der Waals surface area contributed by atoms with E-state index in [9.17, 15) is 9.18 Å². The Bertz CT molecular complexity index is 367. The van der Waals surface area contributed by atoms with Gasteiger partial charge in [0.2, 0.25) is 5.71 Å². The van der Waals surface area contributed by atoms with Gasteiger partial charge in [-0.1, -0.05) is 5.16 Å². The Hall–Kier alpha value is -1.74. The summed E-state index contributed by atoms with van der Waals surface area (Å²) in [4.78, 5) is 14.6. The van der Waals surface area contributed by atoms with Crippen molar-refractivity contribution in [2.45, 2.75) is 0 Å². The minimum absolute atomic E-state index is 0. The van der Waals surface area contributed by atoms with Crippen LogP contribution in [0.3, 0.4) is 0 Å². The third-order valence-corrected chi connectivity index (χ3v) is 1.79. The summed E-state index contributed by atoms with van der Waals surface area (Å²) in [5.41, 5.74) is 4.91. The topological polar surface area (TPSA) is 129 Å². The number of halogens is 1. The number of carbonyl (C=O) groups is 1. The van der Waals surface area contributed by atoms with Crippen LogP contribution in [0, 0.1) is 0 Å². The molecule has 0 amide bonds. The Balaban J connectivity index is 0.00000196. The van der Waals surface area contributed by atoms with Crippen LogP contribution in [-0.4, -0.2) is 33.5 Å². The maximum absolute atomic E-state index is 11.6.